The summed E-state index contributed by atoms with van der Waals surface area (Å²) in [6.45, 7) is 1.73. The average molecular weight is 351 g/mol. The number of hydrogen-bond donors (Lipinski definition) is 2. The zero-order chi connectivity index (χ0) is 15.5. The summed E-state index contributed by atoms with van der Waals surface area (Å²) in [6, 6.07) is 13.7. The first-order valence-corrected chi connectivity index (χ1v) is 7.13. The summed E-state index contributed by atoms with van der Waals surface area (Å²) in [4.78, 5) is 10.9. The minimum absolute atomic E-state index is 0.0576. The lowest BCUT2D eigenvalue weighted by Crippen LogP contribution is -2.29. The minimum atomic E-state index is -1.13. The van der Waals surface area contributed by atoms with Crippen molar-refractivity contribution in [3.63, 3.8) is 0 Å². The Morgan fingerprint density at radius 2 is 1.90 bits per heavy atom. The fourth-order valence-corrected chi connectivity index (χ4v) is 2.34. The van der Waals surface area contributed by atoms with Gasteiger partial charge in [-0.05, 0) is 46.6 Å². The highest BCUT2D eigenvalue weighted by atomic mass is 79.9. The van der Waals surface area contributed by atoms with Gasteiger partial charge < -0.3 is 14.9 Å². The highest BCUT2D eigenvalue weighted by Crippen LogP contribution is 2.28. The number of carbonyl (C=O) groups is 1. The van der Waals surface area contributed by atoms with Crippen molar-refractivity contribution >= 4 is 21.9 Å². The number of carboxylic acid groups (broad SMARTS) is 1. The molecule has 2 aromatic carbocycles. The standard InChI is InChI=1S/C16H15BrO4/c1-16(20,12-5-3-2-4-6-12)10-21-14-8-7-11(15(18)19)9-13(14)17/h2-9,20H,10H2,1H3,(H,18,19). The molecule has 0 amide bonds. The van der Waals surface area contributed by atoms with Crippen LogP contribution in [0, 0.1) is 0 Å². The Morgan fingerprint density at radius 3 is 2.48 bits per heavy atom. The van der Waals surface area contributed by atoms with Gasteiger partial charge in [-0.2, -0.15) is 0 Å². The third kappa shape index (κ3) is 3.83. The maximum absolute atomic E-state index is 10.9. The molecule has 0 aliphatic rings. The fraction of sp³-hybridized carbons (Fsp3) is 0.188. The lowest BCUT2D eigenvalue weighted by Gasteiger charge is -2.24. The summed E-state index contributed by atoms with van der Waals surface area (Å²) in [5.74, 6) is -0.519. The maximum atomic E-state index is 10.9. The number of rotatable bonds is 5. The molecule has 0 radical (unpaired) electrons. The molecule has 1 unspecified atom stereocenters. The van der Waals surface area contributed by atoms with Gasteiger partial charge in [0.1, 0.15) is 18.0 Å². The third-order valence-corrected chi connectivity index (χ3v) is 3.70. The van der Waals surface area contributed by atoms with Crippen molar-refractivity contribution in [2.45, 2.75) is 12.5 Å². The first-order chi connectivity index (χ1) is 9.90. The van der Waals surface area contributed by atoms with Gasteiger partial charge in [-0.3, -0.25) is 0 Å². The summed E-state index contributed by atoms with van der Waals surface area (Å²) in [5.41, 5.74) is -0.209. The van der Waals surface area contributed by atoms with E-state index in [1.165, 1.54) is 12.1 Å². The fourth-order valence-electron chi connectivity index (χ4n) is 1.85. The zero-order valence-corrected chi connectivity index (χ0v) is 13.0. The Balaban J connectivity index is 2.11. The van der Waals surface area contributed by atoms with Crippen molar-refractivity contribution in [1.82, 2.24) is 0 Å². The number of aromatic carboxylic acids is 1. The molecule has 0 aliphatic carbocycles. The molecule has 1 atom stereocenters. The van der Waals surface area contributed by atoms with Gasteiger partial charge in [-0.15, -0.1) is 0 Å². The normalized spacial score (nSPS) is 13.5. The van der Waals surface area contributed by atoms with Crippen molar-refractivity contribution in [3.8, 4) is 5.75 Å². The van der Waals surface area contributed by atoms with Crippen LogP contribution in [0.5, 0.6) is 5.75 Å². The van der Waals surface area contributed by atoms with Crippen LogP contribution in [0.25, 0.3) is 0 Å². The van der Waals surface area contributed by atoms with Gasteiger partial charge in [0.2, 0.25) is 0 Å². The van der Waals surface area contributed by atoms with Crippen LogP contribution in [0.4, 0.5) is 0 Å². The molecule has 2 rings (SSSR count). The van der Waals surface area contributed by atoms with Gasteiger partial charge >= 0.3 is 5.97 Å². The first-order valence-electron chi connectivity index (χ1n) is 6.34. The van der Waals surface area contributed by atoms with Gasteiger partial charge in [-0.1, -0.05) is 30.3 Å². The SMILES string of the molecule is CC(O)(COc1ccc(C(=O)O)cc1Br)c1ccccc1. The van der Waals surface area contributed by atoms with Crippen LogP contribution in [0.15, 0.2) is 53.0 Å². The van der Waals surface area contributed by atoms with E-state index in [2.05, 4.69) is 15.9 Å². The van der Waals surface area contributed by atoms with E-state index in [4.69, 9.17) is 9.84 Å². The lowest BCUT2D eigenvalue weighted by atomic mass is 9.97. The van der Waals surface area contributed by atoms with Crippen molar-refractivity contribution < 1.29 is 19.7 Å². The highest BCUT2D eigenvalue weighted by Gasteiger charge is 2.24. The van der Waals surface area contributed by atoms with Crippen LogP contribution in [-0.4, -0.2) is 22.8 Å². The number of hydrogen-bond acceptors (Lipinski definition) is 3. The van der Waals surface area contributed by atoms with E-state index < -0.39 is 11.6 Å². The first kappa shape index (κ1) is 15.5. The monoisotopic (exact) mass is 350 g/mol. The predicted octanol–water partition coefficient (Wildman–Crippen LogP) is 3.43. The van der Waals surface area contributed by atoms with E-state index in [0.717, 1.165) is 5.56 Å². The van der Waals surface area contributed by atoms with E-state index >= 15 is 0 Å². The molecule has 0 heterocycles. The molecule has 21 heavy (non-hydrogen) atoms. The summed E-state index contributed by atoms with van der Waals surface area (Å²) in [7, 11) is 0. The lowest BCUT2D eigenvalue weighted by molar-refractivity contribution is 0.00733. The van der Waals surface area contributed by atoms with Crippen molar-refractivity contribution in [2.75, 3.05) is 6.61 Å². The Morgan fingerprint density at radius 1 is 1.24 bits per heavy atom. The molecular weight excluding hydrogens is 336 g/mol. The predicted molar refractivity (Wildman–Crippen MR) is 82.6 cm³/mol. The van der Waals surface area contributed by atoms with Gasteiger partial charge in [0.15, 0.2) is 0 Å². The molecule has 2 aromatic rings. The average Bonchev–Trinajstić information content (AvgIpc) is 2.46. The molecule has 4 nitrogen and oxygen atoms in total. The van der Waals surface area contributed by atoms with Gasteiger partial charge in [0.05, 0.1) is 10.0 Å². The summed E-state index contributed by atoms with van der Waals surface area (Å²) < 4.78 is 6.13. The molecule has 0 aromatic heterocycles. The van der Waals surface area contributed by atoms with Gasteiger partial charge in [0.25, 0.3) is 0 Å². The summed E-state index contributed by atoms with van der Waals surface area (Å²) >= 11 is 3.27. The van der Waals surface area contributed by atoms with Crippen LogP contribution >= 0.6 is 15.9 Å². The quantitative estimate of drug-likeness (QED) is 0.866. The summed E-state index contributed by atoms with van der Waals surface area (Å²) in [5, 5.41) is 19.4. The highest BCUT2D eigenvalue weighted by molar-refractivity contribution is 9.10. The molecule has 5 heteroatoms. The Hall–Kier alpha value is -1.85. The minimum Gasteiger partial charge on any atom is -0.489 e. The molecule has 2 N–H and O–H groups in total. The van der Waals surface area contributed by atoms with E-state index in [-0.39, 0.29) is 12.2 Å². The number of carboxylic acids is 1. The van der Waals surface area contributed by atoms with Crippen LogP contribution in [0.1, 0.15) is 22.8 Å². The molecule has 0 bridgehead atoms. The number of halogens is 1. The maximum Gasteiger partial charge on any atom is 0.335 e. The van der Waals surface area contributed by atoms with Crippen molar-refractivity contribution in [3.05, 3.63) is 64.1 Å². The smallest absolute Gasteiger partial charge is 0.335 e. The Labute approximate surface area is 131 Å². The Kier molecular flexibility index (Phi) is 4.65. The van der Waals surface area contributed by atoms with Crippen molar-refractivity contribution in [1.29, 1.82) is 0 Å². The largest absolute Gasteiger partial charge is 0.489 e. The molecule has 0 spiro atoms. The van der Waals surface area contributed by atoms with E-state index in [0.29, 0.717) is 10.2 Å². The molecule has 0 saturated carbocycles. The second-order valence-electron chi connectivity index (χ2n) is 4.88. The zero-order valence-electron chi connectivity index (χ0n) is 11.4. The third-order valence-electron chi connectivity index (χ3n) is 3.08. The summed E-state index contributed by atoms with van der Waals surface area (Å²) in [6.07, 6.45) is 0. The number of ether oxygens (including phenoxy) is 1. The van der Waals surface area contributed by atoms with Crippen LogP contribution in [0.2, 0.25) is 0 Å². The molecule has 110 valence electrons. The molecule has 0 fully saturated rings. The molecule has 0 aliphatic heterocycles. The Bertz CT molecular complexity index is 638. The van der Waals surface area contributed by atoms with Gasteiger partial charge in [0, 0.05) is 0 Å². The number of aliphatic hydroxyl groups is 1. The van der Waals surface area contributed by atoms with Gasteiger partial charge in [-0.25, -0.2) is 4.79 Å². The second kappa shape index (κ2) is 6.28. The molecule has 0 saturated heterocycles. The van der Waals surface area contributed by atoms with Crippen LogP contribution in [-0.2, 0) is 5.60 Å². The second-order valence-corrected chi connectivity index (χ2v) is 5.73. The van der Waals surface area contributed by atoms with E-state index in [1.807, 2.05) is 30.3 Å². The van der Waals surface area contributed by atoms with Crippen LogP contribution in [0.3, 0.4) is 0 Å². The van der Waals surface area contributed by atoms with Crippen molar-refractivity contribution in [2.24, 2.45) is 0 Å². The number of benzene rings is 2. The molecular formula is C16H15BrO4. The van der Waals surface area contributed by atoms with E-state index in [9.17, 15) is 9.90 Å². The topological polar surface area (TPSA) is 66.8 Å². The van der Waals surface area contributed by atoms with E-state index in [1.54, 1.807) is 13.0 Å². The van der Waals surface area contributed by atoms with Crippen LogP contribution < -0.4 is 4.74 Å².